The number of hydrogen-bond donors (Lipinski definition) is 3. The van der Waals surface area contributed by atoms with Gasteiger partial charge >= 0.3 is 6.09 Å². The van der Waals surface area contributed by atoms with Crippen LogP contribution < -0.4 is 16.1 Å². The number of amides is 2. The van der Waals surface area contributed by atoms with E-state index in [1.165, 1.54) is 0 Å². The Balaban J connectivity index is 1.57. The fraction of sp³-hybridized carbons (Fsp3) is 0.238. The van der Waals surface area contributed by atoms with Crippen LogP contribution in [0.5, 0.6) is 0 Å². The Labute approximate surface area is 177 Å². The molecule has 3 N–H and O–H groups in total. The second kappa shape index (κ2) is 10.6. The third-order valence-electron chi connectivity index (χ3n) is 4.22. The van der Waals surface area contributed by atoms with E-state index in [0.717, 1.165) is 11.1 Å². The van der Waals surface area contributed by atoms with Crippen molar-refractivity contribution in [3.05, 3.63) is 82.5 Å². The van der Waals surface area contributed by atoms with Crippen LogP contribution in [0.2, 0.25) is 0 Å². The van der Waals surface area contributed by atoms with E-state index in [-0.39, 0.29) is 25.2 Å². The van der Waals surface area contributed by atoms with Crippen LogP contribution >= 0.6 is 15.9 Å². The predicted molar refractivity (Wildman–Crippen MR) is 112 cm³/mol. The van der Waals surface area contributed by atoms with Gasteiger partial charge in [0.15, 0.2) is 0 Å². The Morgan fingerprint density at radius 1 is 1.07 bits per heavy atom. The normalized spacial score (nSPS) is 16.3. The number of hydrogen-bond acceptors (Lipinski definition) is 5. The van der Waals surface area contributed by atoms with E-state index in [0.29, 0.717) is 11.0 Å². The number of carbonyl (C=O) groups is 2. The predicted octanol–water partition coefficient (Wildman–Crippen LogP) is 2.78. The maximum Gasteiger partial charge on any atom is 0.408 e. The van der Waals surface area contributed by atoms with Crippen LogP contribution in [-0.4, -0.2) is 30.7 Å². The molecule has 2 atom stereocenters. The molecule has 2 aromatic carbocycles. The van der Waals surface area contributed by atoms with Gasteiger partial charge in [0.25, 0.3) is 0 Å². The van der Waals surface area contributed by atoms with Gasteiger partial charge in [0.1, 0.15) is 23.4 Å². The van der Waals surface area contributed by atoms with E-state index >= 15 is 0 Å². The van der Waals surface area contributed by atoms with Gasteiger partial charge < -0.3 is 15.4 Å². The molecule has 0 spiro atoms. The Bertz CT molecular complexity index is 846. The first kappa shape index (κ1) is 20.9. The zero-order valence-corrected chi connectivity index (χ0v) is 17.2. The summed E-state index contributed by atoms with van der Waals surface area (Å²) in [5, 5.41) is 5.47. The van der Waals surface area contributed by atoms with E-state index in [4.69, 9.17) is 9.57 Å². The van der Waals surface area contributed by atoms with E-state index in [1.54, 1.807) is 6.08 Å². The standard InChI is InChI=1S/C21H22BrN3O4/c22-19-12-17(29-25-19)13-23-20(26)18(11-15-7-3-1-4-8-15)24-21(27)28-14-16-9-5-2-6-10-16/h1-10,12,17-18,25H,11,13-14H2,(H,23,26)(H,24,27). The number of alkyl carbamates (subject to hydrolysis) is 1. The van der Waals surface area contributed by atoms with Crippen molar-refractivity contribution in [2.75, 3.05) is 6.54 Å². The minimum Gasteiger partial charge on any atom is -0.445 e. The Morgan fingerprint density at radius 3 is 2.34 bits per heavy atom. The van der Waals surface area contributed by atoms with Gasteiger partial charge in [-0.05, 0) is 33.1 Å². The van der Waals surface area contributed by atoms with Crippen molar-refractivity contribution in [1.82, 2.24) is 16.1 Å². The van der Waals surface area contributed by atoms with Gasteiger partial charge in [0.2, 0.25) is 5.91 Å². The van der Waals surface area contributed by atoms with Crippen molar-refractivity contribution >= 4 is 27.9 Å². The summed E-state index contributed by atoms with van der Waals surface area (Å²) in [4.78, 5) is 30.2. The maximum atomic E-state index is 12.7. The summed E-state index contributed by atoms with van der Waals surface area (Å²) in [5.41, 5.74) is 4.46. The van der Waals surface area contributed by atoms with Crippen molar-refractivity contribution in [3.63, 3.8) is 0 Å². The molecule has 3 rings (SSSR count). The van der Waals surface area contributed by atoms with E-state index in [1.807, 2.05) is 60.7 Å². The molecule has 0 saturated carbocycles. The number of hydroxylamine groups is 1. The number of carbonyl (C=O) groups excluding carboxylic acids is 2. The molecule has 7 nitrogen and oxygen atoms in total. The highest BCUT2D eigenvalue weighted by molar-refractivity contribution is 9.11. The second-order valence-electron chi connectivity index (χ2n) is 6.47. The quantitative estimate of drug-likeness (QED) is 0.528. The minimum absolute atomic E-state index is 0.132. The Morgan fingerprint density at radius 2 is 1.72 bits per heavy atom. The zero-order valence-electron chi connectivity index (χ0n) is 15.6. The smallest absolute Gasteiger partial charge is 0.408 e. The van der Waals surface area contributed by atoms with Crippen LogP contribution in [0, 0.1) is 0 Å². The third kappa shape index (κ3) is 6.92. The molecule has 152 valence electrons. The van der Waals surface area contributed by atoms with Crippen LogP contribution in [0.25, 0.3) is 0 Å². The summed E-state index contributed by atoms with van der Waals surface area (Å²) in [6.07, 6.45) is 1.20. The molecule has 0 bridgehead atoms. The lowest BCUT2D eigenvalue weighted by atomic mass is 10.1. The van der Waals surface area contributed by atoms with E-state index in [2.05, 4.69) is 32.0 Å². The highest BCUT2D eigenvalue weighted by Gasteiger charge is 2.24. The molecule has 0 radical (unpaired) electrons. The molecular weight excluding hydrogens is 438 g/mol. The third-order valence-corrected chi connectivity index (χ3v) is 4.65. The fourth-order valence-electron chi connectivity index (χ4n) is 2.75. The number of rotatable bonds is 8. The molecule has 2 unspecified atom stereocenters. The Kier molecular flexibility index (Phi) is 7.66. The number of nitrogens with one attached hydrogen (secondary N) is 3. The van der Waals surface area contributed by atoms with Crippen LogP contribution in [-0.2, 0) is 27.4 Å². The first-order valence-corrected chi connectivity index (χ1v) is 9.97. The largest absolute Gasteiger partial charge is 0.445 e. The Hall–Kier alpha value is -2.84. The van der Waals surface area contributed by atoms with E-state index in [9.17, 15) is 9.59 Å². The SMILES string of the molecule is O=C(NC(Cc1ccccc1)C(=O)NCC1C=C(Br)NO1)OCc1ccccc1. The molecular formula is C21H22BrN3O4. The van der Waals surface area contributed by atoms with Crippen molar-refractivity contribution in [2.45, 2.75) is 25.2 Å². The van der Waals surface area contributed by atoms with Crippen molar-refractivity contribution in [1.29, 1.82) is 0 Å². The lowest BCUT2D eigenvalue weighted by Gasteiger charge is -2.19. The highest BCUT2D eigenvalue weighted by atomic mass is 79.9. The van der Waals surface area contributed by atoms with E-state index < -0.39 is 12.1 Å². The van der Waals surface area contributed by atoms with Gasteiger partial charge in [-0.1, -0.05) is 60.7 Å². The lowest BCUT2D eigenvalue weighted by molar-refractivity contribution is -0.123. The molecule has 0 aromatic heterocycles. The molecule has 8 heteroatoms. The molecule has 0 fully saturated rings. The van der Waals surface area contributed by atoms with Gasteiger partial charge in [-0.3, -0.25) is 15.1 Å². The average Bonchev–Trinajstić information content (AvgIpc) is 3.17. The monoisotopic (exact) mass is 459 g/mol. The molecule has 29 heavy (non-hydrogen) atoms. The number of ether oxygens (including phenoxy) is 1. The summed E-state index contributed by atoms with van der Waals surface area (Å²) < 4.78 is 5.97. The average molecular weight is 460 g/mol. The summed E-state index contributed by atoms with van der Waals surface area (Å²) in [7, 11) is 0. The van der Waals surface area contributed by atoms with Gasteiger partial charge in [-0.25, -0.2) is 4.79 Å². The summed E-state index contributed by atoms with van der Waals surface area (Å²) in [5.74, 6) is -0.314. The van der Waals surface area contributed by atoms with Gasteiger partial charge in [-0.2, -0.15) is 0 Å². The van der Waals surface area contributed by atoms with Crippen molar-refractivity contribution in [2.24, 2.45) is 0 Å². The molecule has 1 heterocycles. The first-order chi connectivity index (χ1) is 14.1. The second-order valence-corrected chi connectivity index (χ2v) is 7.32. The molecule has 1 aliphatic rings. The molecule has 2 amide bonds. The minimum atomic E-state index is -0.776. The van der Waals surface area contributed by atoms with Crippen molar-refractivity contribution in [3.8, 4) is 0 Å². The van der Waals surface area contributed by atoms with Gasteiger partial charge in [-0.15, -0.1) is 0 Å². The molecule has 0 aliphatic carbocycles. The van der Waals surface area contributed by atoms with Crippen LogP contribution in [0.4, 0.5) is 4.79 Å². The summed E-state index contributed by atoms with van der Waals surface area (Å²) >= 11 is 3.27. The molecule has 0 saturated heterocycles. The zero-order chi connectivity index (χ0) is 20.5. The topological polar surface area (TPSA) is 88.7 Å². The number of halogens is 1. The van der Waals surface area contributed by atoms with Gasteiger partial charge in [0.05, 0.1) is 6.54 Å². The molecule has 2 aromatic rings. The molecule has 1 aliphatic heterocycles. The first-order valence-electron chi connectivity index (χ1n) is 9.18. The maximum absolute atomic E-state index is 12.7. The highest BCUT2D eigenvalue weighted by Crippen LogP contribution is 2.11. The fourth-order valence-corrected chi connectivity index (χ4v) is 3.14. The van der Waals surface area contributed by atoms with Crippen LogP contribution in [0.3, 0.4) is 0 Å². The van der Waals surface area contributed by atoms with Gasteiger partial charge in [0, 0.05) is 6.42 Å². The summed E-state index contributed by atoms with van der Waals surface area (Å²) in [6.45, 7) is 0.403. The van der Waals surface area contributed by atoms with Crippen molar-refractivity contribution < 1.29 is 19.2 Å². The van der Waals surface area contributed by atoms with Crippen LogP contribution in [0.15, 0.2) is 71.3 Å². The summed E-state index contributed by atoms with van der Waals surface area (Å²) in [6, 6.07) is 18.1. The number of benzene rings is 2. The lowest BCUT2D eigenvalue weighted by Crippen LogP contribution is -2.49. The van der Waals surface area contributed by atoms with Crippen LogP contribution in [0.1, 0.15) is 11.1 Å².